The molecule has 0 saturated heterocycles. The van der Waals surface area contributed by atoms with Gasteiger partial charge in [-0.2, -0.15) is 0 Å². The molecule has 0 radical (unpaired) electrons. The Bertz CT molecular complexity index is 679. The minimum Gasteiger partial charge on any atom is -0.393 e. The molecule has 176 valence electrons. The molecule has 1 heteroatoms. The maximum absolute atomic E-state index is 10.4. The van der Waals surface area contributed by atoms with E-state index in [1.165, 1.54) is 40.7 Å². The third-order valence-corrected chi connectivity index (χ3v) is 7.09. The van der Waals surface area contributed by atoms with Crippen molar-refractivity contribution >= 4 is 0 Å². The summed E-state index contributed by atoms with van der Waals surface area (Å²) >= 11 is 0. The third kappa shape index (κ3) is 10.7. The molecular formula is C30H50O. The summed E-state index contributed by atoms with van der Waals surface area (Å²) in [6.07, 6.45) is 20.4. The van der Waals surface area contributed by atoms with E-state index in [1.807, 2.05) is 0 Å². The van der Waals surface area contributed by atoms with E-state index >= 15 is 0 Å². The normalized spacial score (nSPS) is 22.6. The first kappa shape index (κ1) is 27.7. The first-order valence-electron chi connectivity index (χ1n) is 12.5. The molecule has 0 heterocycles. The van der Waals surface area contributed by atoms with Crippen LogP contribution in [-0.4, -0.2) is 11.2 Å². The van der Waals surface area contributed by atoms with Crippen LogP contribution in [0.2, 0.25) is 0 Å². The van der Waals surface area contributed by atoms with Crippen molar-refractivity contribution in [1.82, 2.24) is 0 Å². The van der Waals surface area contributed by atoms with Crippen LogP contribution in [0.4, 0.5) is 0 Å². The number of allylic oxidation sites excluding steroid dienone is 9. The van der Waals surface area contributed by atoms with E-state index in [9.17, 15) is 5.11 Å². The van der Waals surface area contributed by atoms with E-state index in [-0.39, 0.29) is 11.5 Å². The number of rotatable bonds is 12. The average Bonchev–Trinajstić information content (AvgIpc) is 2.68. The smallest absolute Gasteiger partial charge is 0.0599 e. The molecule has 0 amide bonds. The van der Waals surface area contributed by atoms with Crippen LogP contribution in [0.1, 0.15) is 113 Å². The van der Waals surface area contributed by atoms with Crippen LogP contribution in [0.3, 0.4) is 0 Å². The molecule has 0 aromatic carbocycles. The molecule has 2 atom stereocenters. The number of hydrogen-bond donors (Lipinski definition) is 1. The van der Waals surface area contributed by atoms with Crippen molar-refractivity contribution in [3.8, 4) is 0 Å². The van der Waals surface area contributed by atoms with Gasteiger partial charge in [0.1, 0.15) is 0 Å². The molecule has 1 fully saturated rings. The van der Waals surface area contributed by atoms with Crippen LogP contribution in [-0.2, 0) is 0 Å². The largest absolute Gasteiger partial charge is 0.393 e. The molecule has 1 aliphatic rings. The quantitative estimate of drug-likeness (QED) is 0.243. The summed E-state index contributed by atoms with van der Waals surface area (Å²) in [6.45, 7) is 19.9. The van der Waals surface area contributed by atoms with Crippen LogP contribution < -0.4 is 0 Å². The first-order valence-corrected chi connectivity index (χ1v) is 12.5. The highest BCUT2D eigenvalue weighted by Crippen LogP contribution is 2.45. The Kier molecular flexibility index (Phi) is 12.5. The summed E-state index contributed by atoms with van der Waals surface area (Å²) < 4.78 is 0. The second-order valence-corrected chi connectivity index (χ2v) is 10.7. The van der Waals surface area contributed by atoms with Crippen molar-refractivity contribution in [3.05, 3.63) is 58.7 Å². The Morgan fingerprint density at radius 1 is 0.839 bits per heavy atom. The maximum atomic E-state index is 10.4. The molecule has 1 saturated carbocycles. The van der Waals surface area contributed by atoms with Crippen molar-refractivity contribution in [2.24, 2.45) is 11.3 Å². The van der Waals surface area contributed by atoms with Crippen molar-refractivity contribution in [3.63, 3.8) is 0 Å². The lowest BCUT2D eigenvalue weighted by molar-refractivity contribution is -0.00880. The van der Waals surface area contributed by atoms with Gasteiger partial charge in [0.2, 0.25) is 0 Å². The van der Waals surface area contributed by atoms with E-state index in [2.05, 4.69) is 79.3 Å². The number of unbranched alkanes of at least 4 members (excludes halogenated alkanes) is 1. The molecule has 0 spiro atoms. The van der Waals surface area contributed by atoms with Crippen molar-refractivity contribution in [2.45, 2.75) is 119 Å². The lowest BCUT2D eigenvalue weighted by Crippen LogP contribution is -2.41. The SMILES string of the molecule is C=C1CC[C@H](O)C(C)(C)[C@@H]1CC/C(C)=C/CCC=C(C)CC/C=C(\C)CCC=C(C)C. The minimum absolute atomic E-state index is 0.0477. The van der Waals surface area contributed by atoms with E-state index in [0.29, 0.717) is 5.92 Å². The highest BCUT2D eigenvalue weighted by Gasteiger charge is 2.40. The molecule has 0 aliphatic heterocycles. The third-order valence-electron chi connectivity index (χ3n) is 7.09. The molecule has 31 heavy (non-hydrogen) atoms. The topological polar surface area (TPSA) is 20.2 Å². The molecule has 1 N–H and O–H groups in total. The Labute approximate surface area is 194 Å². The van der Waals surface area contributed by atoms with Gasteiger partial charge in [0.25, 0.3) is 0 Å². The minimum atomic E-state index is -0.198. The molecule has 1 aliphatic carbocycles. The van der Waals surface area contributed by atoms with E-state index in [1.54, 1.807) is 0 Å². The molecular weight excluding hydrogens is 376 g/mol. The van der Waals surface area contributed by atoms with Gasteiger partial charge in [0, 0.05) is 0 Å². The van der Waals surface area contributed by atoms with E-state index in [0.717, 1.165) is 51.4 Å². The van der Waals surface area contributed by atoms with Crippen LogP contribution in [0.25, 0.3) is 0 Å². The van der Waals surface area contributed by atoms with Gasteiger partial charge in [-0.25, -0.2) is 0 Å². The van der Waals surface area contributed by atoms with Gasteiger partial charge >= 0.3 is 0 Å². The van der Waals surface area contributed by atoms with Crippen molar-refractivity contribution in [1.29, 1.82) is 0 Å². The van der Waals surface area contributed by atoms with Gasteiger partial charge in [0.05, 0.1) is 6.10 Å². The summed E-state index contributed by atoms with van der Waals surface area (Å²) in [7, 11) is 0. The molecule has 0 unspecified atom stereocenters. The summed E-state index contributed by atoms with van der Waals surface area (Å²) in [6, 6.07) is 0. The molecule has 0 bridgehead atoms. The fourth-order valence-corrected chi connectivity index (χ4v) is 4.68. The average molecular weight is 427 g/mol. The van der Waals surface area contributed by atoms with Gasteiger partial charge in [-0.15, -0.1) is 0 Å². The maximum Gasteiger partial charge on any atom is 0.0599 e. The second-order valence-electron chi connectivity index (χ2n) is 10.7. The number of aliphatic hydroxyl groups is 1. The summed E-state index contributed by atoms with van der Waals surface area (Å²) in [5.74, 6) is 0.431. The van der Waals surface area contributed by atoms with E-state index in [4.69, 9.17) is 0 Å². The standard InChI is InChI=1S/C30H50O/c1-23(2)13-11-16-25(4)18-12-17-24(3)14-9-10-15-26(5)19-21-28-27(6)20-22-29(31)30(28,7)8/h13-15,18,28-29,31H,6,9-12,16-17,19-22H2,1-5,7-8H3/b24-14?,25-18+,26-15+/t28-,29+/m1/s1. The Balaban J connectivity index is 2.33. The zero-order chi connectivity index (χ0) is 23.4. The first-order chi connectivity index (χ1) is 14.5. The summed E-state index contributed by atoms with van der Waals surface area (Å²) in [5.41, 5.74) is 7.20. The number of aliphatic hydroxyl groups excluding tert-OH is 1. The van der Waals surface area contributed by atoms with Gasteiger partial charge in [-0.1, -0.05) is 72.6 Å². The highest BCUT2D eigenvalue weighted by molar-refractivity contribution is 5.13. The van der Waals surface area contributed by atoms with Crippen LogP contribution in [0, 0.1) is 11.3 Å². The Hall–Kier alpha value is -1.34. The van der Waals surface area contributed by atoms with Gasteiger partial charge < -0.3 is 5.11 Å². The highest BCUT2D eigenvalue weighted by atomic mass is 16.3. The fourth-order valence-electron chi connectivity index (χ4n) is 4.68. The Morgan fingerprint density at radius 2 is 1.32 bits per heavy atom. The van der Waals surface area contributed by atoms with Crippen LogP contribution >= 0.6 is 0 Å². The summed E-state index contributed by atoms with van der Waals surface area (Å²) in [5, 5.41) is 10.4. The van der Waals surface area contributed by atoms with Gasteiger partial charge in [0.15, 0.2) is 0 Å². The number of hydrogen-bond acceptors (Lipinski definition) is 1. The lowest BCUT2D eigenvalue weighted by atomic mass is 9.63. The van der Waals surface area contributed by atoms with Crippen molar-refractivity contribution < 1.29 is 5.11 Å². The molecule has 0 aromatic heterocycles. The van der Waals surface area contributed by atoms with Crippen LogP contribution in [0.15, 0.2) is 58.7 Å². The van der Waals surface area contributed by atoms with Gasteiger partial charge in [-0.3, -0.25) is 0 Å². The Morgan fingerprint density at radius 3 is 1.87 bits per heavy atom. The van der Waals surface area contributed by atoms with Gasteiger partial charge in [-0.05, 0) is 110 Å². The summed E-state index contributed by atoms with van der Waals surface area (Å²) in [4.78, 5) is 0. The van der Waals surface area contributed by atoms with Crippen LogP contribution in [0.5, 0.6) is 0 Å². The molecule has 0 aromatic rings. The fraction of sp³-hybridized carbons (Fsp3) is 0.667. The predicted molar refractivity (Wildman–Crippen MR) is 139 cm³/mol. The molecule has 1 rings (SSSR count). The van der Waals surface area contributed by atoms with E-state index < -0.39 is 0 Å². The second kappa shape index (κ2) is 13.9. The lowest BCUT2D eigenvalue weighted by Gasteiger charge is -2.44. The molecule has 1 nitrogen and oxygen atoms in total. The predicted octanol–water partition coefficient (Wildman–Crippen LogP) is 9.27. The monoisotopic (exact) mass is 426 g/mol. The zero-order valence-electron chi connectivity index (χ0n) is 21.7. The van der Waals surface area contributed by atoms with Crippen molar-refractivity contribution in [2.75, 3.05) is 0 Å². The zero-order valence-corrected chi connectivity index (χ0v) is 21.7.